The van der Waals surface area contributed by atoms with Gasteiger partial charge in [0.15, 0.2) is 0 Å². The fourth-order valence-corrected chi connectivity index (χ4v) is 1.71. The molecule has 2 heterocycles. The summed E-state index contributed by atoms with van der Waals surface area (Å²) >= 11 is 0. The van der Waals surface area contributed by atoms with Crippen LogP contribution in [0.2, 0.25) is 0 Å². The maximum atomic E-state index is 5.36. The van der Waals surface area contributed by atoms with Crippen LogP contribution in [-0.4, -0.2) is 16.5 Å². The van der Waals surface area contributed by atoms with E-state index in [1.807, 2.05) is 31.5 Å². The molecule has 0 bridgehead atoms. The van der Waals surface area contributed by atoms with Gasteiger partial charge in [-0.1, -0.05) is 6.92 Å². The first kappa shape index (κ1) is 11.8. The van der Waals surface area contributed by atoms with E-state index >= 15 is 0 Å². The van der Waals surface area contributed by atoms with Crippen LogP contribution >= 0.6 is 0 Å². The summed E-state index contributed by atoms with van der Waals surface area (Å²) in [6.07, 6.45) is 6.14. The van der Waals surface area contributed by atoms with Crippen molar-refractivity contribution in [3.05, 3.63) is 47.9 Å². The Balaban J connectivity index is 2.13. The minimum Gasteiger partial charge on any atom is -0.469 e. The number of aryl methyl sites for hydroxylation is 1. The Bertz CT molecular complexity index is 436. The summed E-state index contributed by atoms with van der Waals surface area (Å²) < 4.78 is 5.36. The zero-order valence-corrected chi connectivity index (χ0v) is 10.2. The minimum absolute atomic E-state index is 0.103. The summed E-state index contributed by atoms with van der Waals surface area (Å²) in [5.74, 6) is 1.76. The lowest BCUT2D eigenvalue weighted by Gasteiger charge is -2.15. The molecule has 1 unspecified atom stereocenters. The highest BCUT2D eigenvalue weighted by Crippen LogP contribution is 2.15. The van der Waals surface area contributed by atoms with E-state index in [2.05, 4.69) is 22.2 Å². The van der Waals surface area contributed by atoms with Crippen molar-refractivity contribution in [3.8, 4) is 0 Å². The number of likely N-dealkylation sites (N-methyl/N-ethyl adjacent to an activating group) is 1. The molecule has 4 nitrogen and oxygen atoms in total. The van der Waals surface area contributed by atoms with Crippen LogP contribution in [0.1, 0.15) is 30.1 Å². The predicted octanol–water partition coefficient (Wildman–Crippen LogP) is 2.27. The van der Waals surface area contributed by atoms with Crippen molar-refractivity contribution >= 4 is 0 Å². The Morgan fingerprint density at radius 1 is 1.35 bits per heavy atom. The van der Waals surface area contributed by atoms with Crippen LogP contribution in [0, 0.1) is 6.92 Å². The number of furan rings is 1. The molecule has 0 amide bonds. The fourth-order valence-electron chi connectivity index (χ4n) is 1.71. The Morgan fingerprint density at radius 2 is 2.12 bits per heavy atom. The van der Waals surface area contributed by atoms with Crippen LogP contribution in [0.25, 0.3) is 0 Å². The van der Waals surface area contributed by atoms with Crippen molar-refractivity contribution in [1.29, 1.82) is 0 Å². The number of nitrogens with zero attached hydrogens (tertiary/aromatic N) is 2. The number of hydrogen-bond donors (Lipinski definition) is 1. The first-order valence-electron chi connectivity index (χ1n) is 5.84. The summed E-state index contributed by atoms with van der Waals surface area (Å²) in [5.41, 5.74) is 1.07. The van der Waals surface area contributed by atoms with E-state index in [1.54, 1.807) is 6.26 Å². The van der Waals surface area contributed by atoms with E-state index in [-0.39, 0.29) is 6.04 Å². The van der Waals surface area contributed by atoms with E-state index in [0.29, 0.717) is 0 Å². The monoisotopic (exact) mass is 231 g/mol. The van der Waals surface area contributed by atoms with Gasteiger partial charge in [0.2, 0.25) is 0 Å². The highest BCUT2D eigenvalue weighted by atomic mass is 16.3. The number of nitrogens with one attached hydrogen (secondary N) is 1. The second-order valence-electron chi connectivity index (χ2n) is 4.01. The van der Waals surface area contributed by atoms with Gasteiger partial charge in [-0.25, -0.2) is 9.97 Å². The zero-order valence-electron chi connectivity index (χ0n) is 10.2. The fraction of sp³-hybridized carbons (Fsp3) is 0.385. The van der Waals surface area contributed by atoms with Crippen molar-refractivity contribution in [2.45, 2.75) is 26.3 Å². The van der Waals surface area contributed by atoms with Gasteiger partial charge in [-0.05, 0) is 31.2 Å². The van der Waals surface area contributed by atoms with Crippen LogP contribution in [0.4, 0.5) is 0 Å². The third kappa shape index (κ3) is 3.14. The molecule has 2 aromatic rings. The molecular weight excluding hydrogens is 214 g/mol. The highest BCUT2D eigenvalue weighted by Gasteiger charge is 2.15. The van der Waals surface area contributed by atoms with Crippen LogP contribution in [0.3, 0.4) is 0 Å². The van der Waals surface area contributed by atoms with Crippen molar-refractivity contribution < 1.29 is 4.42 Å². The van der Waals surface area contributed by atoms with Crippen molar-refractivity contribution in [2.24, 2.45) is 0 Å². The number of aromatic nitrogens is 2. The zero-order chi connectivity index (χ0) is 12.1. The molecule has 0 saturated heterocycles. The minimum atomic E-state index is 0.103. The van der Waals surface area contributed by atoms with Crippen LogP contribution in [0.5, 0.6) is 0 Å². The molecule has 1 atom stereocenters. The van der Waals surface area contributed by atoms with Gasteiger partial charge in [0.25, 0.3) is 0 Å². The average Bonchev–Trinajstić information content (AvgIpc) is 2.82. The molecule has 0 aliphatic carbocycles. The quantitative estimate of drug-likeness (QED) is 0.857. The molecule has 2 aromatic heterocycles. The number of hydrogen-bond acceptors (Lipinski definition) is 4. The van der Waals surface area contributed by atoms with E-state index in [0.717, 1.165) is 30.1 Å². The van der Waals surface area contributed by atoms with Gasteiger partial charge in [0.05, 0.1) is 12.3 Å². The average molecular weight is 231 g/mol. The molecule has 0 spiro atoms. The Hall–Kier alpha value is -1.68. The molecule has 0 aromatic carbocycles. The lowest BCUT2D eigenvalue weighted by molar-refractivity contribution is 0.443. The van der Waals surface area contributed by atoms with Gasteiger partial charge in [-0.2, -0.15) is 0 Å². The molecule has 2 rings (SSSR count). The summed E-state index contributed by atoms with van der Waals surface area (Å²) in [7, 11) is 0. The molecule has 0 radical (unpaired) electrons. The van der Waals surface area contributed by atoms with Crippen molar-refractivity contribution in [3.63, 3.8) is 0 Å². The van der Waals surface area contributed by atoms with Gasteiger partial charge in [-0.3, -0.25) is 0 Å². The largest absolute Gasteiger partial charge is 0.469 e. The second-order valence-corrected chi connectivity index (χ2v) is 4.01. The van der Waals surface area contributed by atoms with Gasteiger partial charge in [-0.15, -0.1) is 0 Å². The topological polar surface area (TPSA) is 51.0 Å². The standard InChI is InChI=1S/C13H17N3O/c1-3-14-12(7-11-5-4-6-17-11)13-15-8-10(2)9-16-13/h4-6,8-9,12,14H,3,7H2,1-2H3. The first-order chi connectivity index (χ1) is 8.29. The number of rotatable bonds is 5. The Morgan fingerprint density at radius 3 is 2.71 bits per heavy atom. The van der Waals surface area contributed by atoms with Crippen LogP contribution in [0.15, 0.2) is 35.2 Å². The maximum absolute atomic E-state index is 5.36. The second kappa shape index (κ2) is 5.59. The predicted molar refractivity (Wildman–Crippen MR) is 65.6 cm³/mol. The summed E-state index contributed by atoms with van der Waals surface area (Å²) in [6.45, 7) is 4.94. The molecule has 0 aliphatic heterocycles. The van der Waals surface area contributed by atoms with Crippen molar-refractivity contribution in [1.82, 2.24) is 15.3 Å². The van der Waals surface area contributed by atoms with E-state index in [4.69, 9.17) is 4.42 Å². The van der Waals surface area contributed by atoms with Crippen LogP contribution in [-0.2, 0) is 6.42 Å². The smallest absolute Gasteiger partial charge is 0.145 e. The van der Waals surface area contributed by atoms with Crippen molar-refractivity contribution in [2.75, 3.05) is 6.54 Å². The summed E-state index contributed by atoms with van der Waals surface area (Å²) in [6, 6.07) is 3.97. The highest BCUT2D eigenvalue weighted by molar-refractivity contribution is 5.08. The molecular formula is C13H17N3O. The molecule has 17 heavy (non-hydrogen) atoms. The van der Waals surface area contributed by atoms with E-state index < -0.39 is 0 Å². The maximum Gasteiger partial charge on any atom is 0.145 e. The summed E-state index contributed by atoms with van der Waals surface area (Å²) in [4.78, 5) is 8.72. The molecule has 0 fully saturated rings. The molecule has 90 valence electrons. The van der Waals surface area contributed by atoms with Gasteiger partial charge in [0, 0.05) is 18.8 Å². The third-order valence-electron chi connectivity index (χ3n) is 2.55. The molecule has 1 N–H and O–H groups in total. The molecule has 4 heteroatoms. The molecule has 0 saturated carbocycles. The lowest BCUT2D eigenvalue weighted by atomic mass is 10.1. The first-order valence-corrected chi connectivity index (χ1v) is 5.84. The SMILES string of the molecule is CCNC(Cc1ccco1)c1ncc(C)cn1. The van der Waals surface area contributed by atoms with Gasteiger partial charge >= 0.3 is 0 Å². The normalized spacial score (nSPS) is 12.6. The van der Waals surface area contributed by atoms with E-state index in [1.165, 1.54) is 0 Å². The lowest BCUT2D eigenvalue weighted by Crippen LogP contribution is -2.24. The van der Waals surface area contributed by atoms with Crippen LogP contribution < -0.4 is 5.32 Å². The van der Waals surface area contributed by atoms with E-state index in [9.17, 15) is 0 Å². The Labute approximate surface area is 101 Å². The molecule has 0 aliphatic rings. The Kier molecular flexibility index (Phi) is 3.88. The third-order valence-corrected chi connectivity index (χ3v) is 2.55. The van der Waals surface area contributed by atoms with Gasteiger partial charge < -0.3 is 9.73 Å². The van der Waals surface area contributed by atoms with Gasteiger partial charge in [0.1, 0.15) is 11.6 Å². The summed E-state index contributed by atoms with van der Waals surface area (Å²) in [5, 5.41) is 3.37.